The van der Waals surface area contributed by atoms with E-state index in [4.69, 9.17) is 4.98 Å². The van der Waals surface area contributed by atoms with Crippen molar-refractivity contribution in [1.29, 1.82) is 0 Å². The van der Waals surface area contributed by atoms with Crippen molar-refractivity contribution < 1.29 is 9.59 Å². The largest absolute Gasteiger partial charge is 0.354 e. The zero-order chi connectivity index (χ0) is 19.7. The third kappa shape index (κ3) is 4.04. The summed E-state index contributed by atoms with van der Waals surface area (Å²) < 4.78 is 0. The molecule has 1 aromatic rings. The molecule has 0 spiro atoms. The summed E-state index contributed by atoms with van der Waals surface area (Å²) in [5, 5.41) is 2.77. The molecular weight excluding hydrogens is 358 g/mol. The fourth-order valence-corrected chi connectivity index (χ4v) is 4.02. The summed E-state index contributed by atoms with van der Waals surface area (Å²) in [6.07, 6.45) is 1.05. The molecule has 1 atom stereocenters. The highest BCUT2D eigenvalue weighted by Crippen LogP contribution is 2.20. The second-order valence-corrected chi connectivity index (χ2v) is 7.93. The normalized spacial score (nSPS) is 23.9. The average Bonchev–Trinajstić information content (AvgIpc) is 3.14. The molecule has 9 nitrogen and oxygen atoms in total. The van der Waals surface area contributed by atoms with Crippen LogP contribution in [-0.4, -0.2) is 97.0 Å². The summed E-state index contributed by atoms with van der Waals surface area (Å²) in [7, 11) is 2.14. The zero-order valence-corrected chi connectivity index (χ0v) is 16.7. The molecule has 152 valence electrons. The van der Waals surface area contributed by atoms with Crippen molar-refractivity contribution in [2.75, 3.05) is 69.2 Å². The van der Waals surface area contributed by atoms with Crippen molar-refractivity contribution in [3.8, 4) is 0 Å². The van der Waals surface area contributed by atoms with Crippen LogP contribution < -0.4 is 15.1 Å². The van der Waals surface area contributed by atoms with Crippen LogP contribution in [0.4, 0.5) is 11.8 Å². The molecule has 1 aromatic heterocycles. The fraction of sp³-hybridized carbons (Fsp3) is 0.684. The summed E-state index contributed by atoms with van der Waals surface area (Å²) in [5.41, 5.74) is 0.964. The molecule has 0 bridgehead atoms. The first kappa shape index (κ1) is 18.9. The minimum absolute atomic E-state index is 0.0263. The number of nitrogens with zero attached hydrogens (tertiary/aromatic N) is 6. The Morgan fingerprint density at radius 2 is 1.71 bits per heavy atom. The van der Waals surface area contributed by atoms with E-state index in [1.165, 1.54) is 0 Å². The highest BCUT2D eigenvalue weighted by atomic mass is 16.2. The number of hydrogen-bond donors (Lipinski definition) is 1. The molecule has 0 saturated carbocycles. The predicted octanol–water partition coefficient (Wildman–Crippen LogP) is -0.536. The lowest BCUT2D eigenvalue weighted by molar-refractivity contribution is -0.134. The average molecular weight is 387 g/mol. The van der Waals surface area contributed by atoms with Gasteiger partial charge in [0.2, 0.25) is 17.8 Å². The van der Waals surface area contributed by atoms with E-state index in [2.05, 4.69) is 38.1 Å². The van der Waals surface area contributed by atoms with Gasteiger partial charge in [-0.2, -0.15) is 4.98 Å². The Labute approximate surface area is 165 Å². The molecule has 1 N–H and O–H groups in total. The molecular formula is C19H29N7O2. The van der Waals surface area contributed by atoms with Crippen LogP contribution in [0, 0.1) is 6.92 Å². The monoisotopic (exact) mass is 387 g/mol. The van der Waals surface area contributed by atoms with Gasteiger partial charge in [0.1, 0.15) is 11.9 Å². The Kier molecular flexibility index (Phi) is 5.34. The van der Waals surface area contributed by atoms with Gasteiger partial charge in [-0.15, -0.1) is 0 Å². The lowest BCUT2D eigenvalue weighted by Crippen LogP contribution is -2.53. The van der Waals surface area contributed by atoms with Gasteiger partial charge in [-0.05, 0) is 20.4 Å². The number of hydrogen-bond acceptors (Lipinski definition) is 7. The van der Waals surface area contributed by atoms with E-state index in [9.17, 15) is 9.59 Å². The van der Waals surface area contributed by atoms with Crippen molar-refractivity contribution >= 4 is 23.6 Å². The predicted molar refractivity (Wildman–Crippen MR) is 106 cm³/mol. The fourth-order valence-electron chi connectivity index (χ4n) is 4.02. The summed E-state index contributed by atoms with van der Waals surface area (Å²) in [6.45, 7) is 8.71. The SMILES string of the molecule is Cc1cc(N2CCN(C)CC2)nc(N2CCN(C(=O)C3CCC(=O)N3)CC2)n1. The summed E-state index contributed by atoms with van der Waals surface area (Å²) >= 11 is 0. The minimum atomic E-state index is -0.349. The molecule has 0 aromatic carbocycles. The Hall–Kier alpha value is -2.42. The zero-order valence-electron chi connectivity index (χ0n) is 16.7. The van der Waals surface area contributed by atoms with Crippen LogP contribution in [0.2, 0.25) is 0 Å². The lowest BCUT2D eigenvalue weighted by atomic mass is 10.2. The first-order valence-electron chi connectivity index (χ1n) is 10.1. The van der Waals surface area contributed by atoms with Gasteiger partial charge in [-0.1, -0.05) is 0 Å². The van der Waals surface area contributed by atoms with Crippen molar-refractivity contribution in [2.24, 2.45) is 0 Å². The number of rotatable bonds is 3. The molecule has 3 saturated heterocycles. The van der Waals surface area contributed by atoms with Crippen LogP contribution >= 0.6 is 0 Å². The number of likely N-dealkylation sites (N-methyl/N-ethyl adjacent to an activating group) is 1. The number of carbonyl (C=O) groups excluding carboxylic acids is 2. The molecule has 1 unspecified atom stereocenters. The highest BCUT2D eigenvalue weighted by Gasteiger charge is 2.32. The second kappa shape index (κ2) is 7.90. The molecule has 28 heavy (non-hydrogen) atoms. The molecule has 9 heteroatoms. The number of nitrogens with one attached hydrogen (secondary N) is 1. The van der Waals surface area contributed by atoms with Gasteiger partial charge >= 0.3 is 0 Å². The molecule has 0 aliphatic carbocycles. The van der Waals surface area contributed by atoms with Crippen molar-refractivity contribution in [3.05, 3.63) is 11.8 Å². The van der Waals surface area contributed by atoms with Crippen molar-refractivity contribution in [1.82, 2.24) is 25.1 Å². The quantitative estimate of drug-likeness (QED) is 0.746. The molecule has 4 rings (SSSR count). The number of aryl methyl sites for hydroxylation is 1. The number of carbonyl (C=O) groups is 2. The Morgan fingerprint density at radius 3 is 2.36 bits per heavy atom. The van der Waals surface area contributed by atoms with Gasteiger partial charge in [0.05, 0.1) is 0 Å². The lowest BCUT2D eigenvalue weighted by Gasteiger charge is -2.37. The van der Waals surface area contributed by atoms with Gasteiger partial charge in [0, 0.05) is 70.5 Å². The summed E-state index contributed by atoms with van der Waals surface area (Å²) in [5.74, 6) is 1.74. The van der Waals surface area contributed by atoms with E-state index >= 15 is 0 Å². The van der Waals surface area contributed by atoms with E-state index in [1.54, 1.807) is 0 Å². The Balaban J connectivity index is 1.39. The van der Waals surface area contributed by atoms with E-state index in [0.717, 1.165) is 43.6 Å². The van der Waals surface area contributed by atoms with E-state index in [0.29, 0.717) is 39.0 Å². The standard InChI is InChI=1S/C19H29N7O2/c1-14-13-16(24-7-5-23(2)6-8-24)22-19(20-14)26-11-9-25(10-12-26)18(28)15-3-4-17(27)21-15/h13,15H,3-12H2,1-2H3,(H,21,27). The van der Waals surface area contributed by atoms with Crippen LogP contribution in [0.1, 0.15) is 18.5 Å². The van der Waals surface area contributed by atoms with E-state index in [-0.39, 0.29) is 17.9 Å². The van der Waals surface area contributed by atoms with Crippen LogP contribution in [0.5, 0.6) is 0 Å². The van der Waals surface area contributed by atoms with Crippen LogP contribution in [-0.2, 0) is 9.59 Å². The van der Waals surface area contributed by atoms with E-state index in [1.807, 2.05) is 11.8 Å². The van der Waals surface area contributed by atoms with Gasteiger partial charge in [0.15, 0.2) is 0 Å². The molecule has 0 radical (unpaired) electrons. The maximum absolute atomic E-state index is 12.6. The molecule has 3 aliphatic rings. The van der Waals surface area contributed by atoms with Gasteiger partial charge in [-0.3, -0.25) is 9.59 Å². The Morgan fingerprint density at radius 1 is 1.04 bits per heavy atom. The number of piperazine rings is 2. The molecule has 3 aliphatic heterocycles. The van der Waals surface area contributed by atoms with Gasteiger partial charge in [-0.25, -0.2) is 4.98 Å². The number of anilines is 2. The smallest absolute Gasteiger partial charge is 0.245 e. The second-order valence-electron chi connectivity index (χ2n) is 7.93. The van der Waals surface area contributed by atoms with Crippen LogP contribution in [0.15, 0.2) is 6.07 Å². The van der Waals surface area contributed by atoms with Gasteiger partial charge < -0.3 is 24.9 Å². The van der Waals surface area contributed by atoms with Gasteiger partial charge in [0.25, 0.3) is 0 Å². The first-order chi connectivity index (χ1) is 13.5. The molecule has 3 fully saturated rings. The van der Waals surface area contributed by atoms with Crippen molar-refractivity contribution in [3.63, 3.8) is 0 Å². The number of aromatic nitrogens is 2. The third-order valence-electron chi connectivity index (χ3n) is 5.82. The first-order valence-corrected chi connectivity index (χ1v) is 10.1. The highest BCUT2D eigenvalue weighted by molar-refractivity contribution is 5.90. The third-order valence-corrected chi connectivity index (χ3v) is 5.82. The van der Waals surface area contributed by atoms with E-state index < -0.39 is 0 Å². The molecule has 4 heterocycles. The summed E-state index contributed by atoms with van der Waals surface area (Å²) in [4.78, 5) is 42.1. The van der Waals surface area contributed by atoms with Crippen LogP contribution in [0.3, 0.4) is 0 Å². The maximum atomic E-state index is 12.6. The number of amides is 2. The minimum Gasteiger partial charge on any atom is -0.354 e. The molecule has 2 amide bonds. The van der Waals surface area contributed by atoms with Crippen LogP contribution in [0.25, 0.3) is 0 Å². The summed E-state index contributed by atoms with van der Waals surface area (Å²) in [6, 6.07) is 1.70. The van der Waals surface area contributed by atoms with Crippen molar-refractivity contribution in [2.45, 2.75) is 25.8 Å². The topological polar surface area (TPSA) is 84.9 Å². The maximum Gasteiger partial charge on any atom is 0.245 e. The Bertz CT molecular complexity index is 740.